The number of rotatable bonds is 3. The van der Waals surface area contributed by atoms with E-state index in [1.807, 2.05) is 49.1 Å². The van der Waals surface area contributed by atoms with Crippen LogP contribution in [0.3, 0.4) is 0 Å². The Bertz CT molecular complexity index is 921. The summed E-state index contributed by atoms with van der Waals surface area (Å²) in [5, 5.41) is 4.60. The maximum atomic E-state index is 13.4. The molecule has 3 heterocycles. The number of sulfonamides is 1. The van der Waals surface area contributed by atoms with Crippen LogP contribution in [0.15, 0.2) is 30.3 Å². The van der Waals surface area contributed by atoms with Crippen LogP contribution in [-0.2, 0) is 14.6 Å². The van der Waals surface area contributed by atoms with E-state index in [0.717, 1.165) is 29.8 Å². The molecular weight excluding hydrogens is 364 g/mol. The van der Waals surface area contributed by atoms with Gasteiger partial charge in [-0.15, -0.1) is 4.31 Å². The van der Waals surface area contributed by atoms with Crippen LogP contribution in [0.1, 0.15) is 47.6 Å². The molecule has 2 aromatic rings. The van der Waals surface area contributed by atoms with Crippen molar-refractivity contribution in [3.05, 3.63) is 47.3 Å². The maximum Gasteiger partial charge on any atom is 0.273 e. The molecule has 1 aromatic heterocycles. The summed E-state index contributed by atoms with van der Waals surface area (Å²) in [6.45, 7) is 4.81. The van der Waals surface area contributed by atoms with Gasteiger partial charge in [0.25, 0.3) is 5.91 Å². The van der Waals surface area contributed by atoms with Crippen LogP contribution in [-0.4, -0.2) is 54.8 Å². The molecule has 0 spiro atoms. The van der Waals surface area contributed by atoms with E-state index in [0.29, 0.717) is 18.8 Å². The van der Waals surface area contributed by atoms with Crippen molar-refractivity contribution in [1.29, 1.82) is 0 Å². The van der Waals surface area contributed by atoms with Gasteiger partial charge in [-0.05, 0) is 38.8 Å². The van der Waals surface area contributed by atoms with Crippen molar-refractivity contribution in [2.75, 3.05) is 19.3 Å². The Morgan fingerprint density at radius 1 is 1.26 bits per heavy atom. The molecule has 0 N–H and O–H groups in total. The van der Waals surface area contributed by atoms with E-state index in [2.05, 4.69) is 5.10 Å². The van der Waals surface area contributed by atoms with Gasteiger partial charge in [0.2, 0.25) is 0 Å². The first-order chi connectivity index (χ1) is 12.8. The molecule has 1 aromatic carbocycles. The van der Waals surface area contributed by atoms with Gasteiger partial charge in [-0.3, -0.25) is 4.79 Å². The van der Waals surface area contributed by atoms with Crippen LogP contribution in [0.2, 0.25) is 0 Å². The quantitative estimate of drug-likeness (QED) is 0.756. The number of piperidine rings is 1. The highest BCUT2D eigenvalue weighted by Gasteiger charge is 2.45. The third-order valence-electron chi connectivity index (χ3n) is 5.60. The lowest BCUT2D eigenvalue weighted by atomic mass is 10.0. The van der Waals surface area contributed by atoms with E-state index >= 15 is 0 Å². The normalized spacial score (nSPS) is 25.5. The summed E-state index contributed by atoms with van der Waals surface area (Å²) in [4.78, 5) is 15.2. The number of amides is 1. The molecule has 2 aliphatic rings. The monoisotopic (exact) mass is 388 g/mol. The summed E-state index contributed by atoms with van der Waals surface area (Å²) in [7, 11) is -3.26. The Morgan fingerprint density at radius 3 is 2.63 bits per heavy atom. The van der Waals surface area contributed by atoms with Crippen LogP contribution >= 0.6 is 0 Å². The summed E-state index contributed by atoms with van der Waals surface area (Å²) < 4.78 is 27.2. The van der Waals surface area contributed by atoms with Gasteiger partial charge in [0.05, 0.1) is 24.0 Å². The Hall–Kier alpha value is -2.03. The number of aryl methyl sites for hydroxylation is 1. The molecule has 1 saturated heterocycles. The van der Waals surface area contributed by atoms with Gasteiger partial charge in [-0.1, -0.05) is 22.4 Å². The molecule has 0 bridgehead atoms. The second-order valence-electron chi connectivity index (χ2n) is 7.40. The zero-order valence-electron chi connectivity index (χ0n) is 15.8. The Kier molecular flexibility index (Phi) is 4.44. The average molecular weight is 388 g/mol. The van der Waals surface area contributed by atoms with Gasteiger partial charge in [0.15, 0.2) is 0 Å². The molecule has 3 unspecified atom stereocenters. The topological polar surface area (TPSA) is 81.5 Å². The molecule has 0 saturated carbocycles. The Balaban J connectivity index is 1.70. The predicted octanol–water partition coefficient (Wildman–Crippen LogP) is 2.34. The molecule has 8 heteroatoms. The fourth-order valence-electron chi connectivity index (χ4n) is 4.37. The van der Waals surface area contributed by atoms with Crippen LogP contribution in [0.5, 0.6) is 0 Å². The lowest BCUT2D eigenvalue weighted by Crippen LogP contribution is -2.52. The lowest BCUT2D eigenvalue weighted by Gasteiger charge is -2.39. The molecule has 4 rings (SSSR count). The van der Waals surface area contributed by atoms with Crippen molar-refractivity contribution < 1.29 is 13.6 Å². The number of para-hydroxylation sites is 1. The minimum Gasteiger partial charge on any atom is -0.598 e. The van der Waals surface area contributed by atoms with Crippen molar-refractivity contribution in [1.82, 2.24) is 19.0 Å². The van der Waals surface area contributed by atoms with Crippen molar-refractivity contribution in [2.45, 2.75) is 38.8 Å². The zero-order chi connectivity index (χ0) is 19.3. The smallest absolute Gasteiger partial charge is 0.273 e. The van der Waals surface area contributed by atoms with Crippen LogP contribution in [0.25, 0.3) is 5.69 Å². The predicted molar refractivity (Wildman–Crippen MR) is 102 cm³/mol. The van der Waals surface area contributed by atoms with E-state index in [-0.39, 0.29) is 18.0 Å². The molecule has 3 atom stereocenters. The third kappa shape index (κ3) is 3.01. The highest BCUT2D eigenvalue weighted by molar-refractivity contribution is 7.94. The van der Waals surface area contributed by atoms with Crippen molar-refractivity contribution in [2.24, 2.45) is 0 Å². The average Bonchev–Trinajstić information content (AvgIpc) is 3.11. The number of carbonyl (C=O) groups excluding carboxylic acids is 1. The van der Waals surface area contributed by atoms with Gasteiger partial charge in [0, 0.05) is 18.2 Å². The van der Waals surface area contributed by atoms with E-state index in [9.17, 15) is 13.6 Å². The fraction of sp³-hybridized carbons (Fsp3) is 0.474. The maximum absolute atomic E-state index is 13.4. The fourth-order valence-corrected chi connectivity index (χ4v) is 5.27. The Morgan fingerprint density at radius 2 is 1.96 bits per heavy atom. The molecule has 0 radical (unpaired) electrons. The van der Waals surface area contributed by atoms with Crippen molar-refractivity contribution >= 4 is 16.3 Å². The van der Waals surface area contributed by atoms with Crippen LogP contribution in [0, 0.1) is 6.92 Å². The minimum atomic E-state index is -3.26. The zero-order valence-corrected chi connectivity index (χ0v) is 16.6. The summed E-state index contributed by atoms with van der Waals surface area (Å²) in [5.41, 5.74) is 3.24. The van der Waals surface area contributed by atoms with Crippen molar-refractivity contribution in [3.63, 3.8) is 0 Å². The standard InChI is InChI=1S/C19H24N4O3S/c1-13-17-14(2)22(16-10-7-11-21(12-16)27(3,25)26)19(24)18(17)23(20-13)15-8-5-4-6-9-15/h4-6,8-9,14,16H,7,10-12H2,1-3H3. The molecule has 0 aliphatic carbocycles. The first kappa shape index (κ1) is 18.3. The number of fused-ring (bicyclic) bond motifs is 1. The number of hydrogen-bond acceptors (Lipinski definition) is 4. The molecule has 2 aliphatic heterocycles. The van der Waals surface area contributed by atoms with Crippen LogP contribution in [0.4, 0.5) is 0 Å². The first-order valence-corrected chi connectivity index (χ1v) is 11.1. The van der Waals surface area contributed by atoms with E-state index in [1.54, 1.807) is 4.68 Å². The SMILES string of the molecule is Cc1nn(-c2ccccc2)c2c1C(C)N(C1CCCN([S+](C)(=O)[O-])C1)C2=O. The largest absolute Gasteiger partial charge is 0.598 e. The highest BCUT2D eigenvalue weighted by Crippen LogP contribution is 2.39. The van der Waals surface area contributed by atoms with E-state index in [1.165, 1.54) is 10.6 Å². The van der Waals surface area contributed by atoms with Crippen LogP contribution < -0.4 is 0 Å². The highest BCUT2D eigenvalue weighted by atomic mass is 32.3. The van der Waals surface area contributed by atoms with Gasteiger partial charge in [0.1, 0.15) is 22.3 Å². The molecule has 144 valence electrons. The van der Waals surface area contributed by atoms with Gasteiger partial charge in [-0.2, -0.15) is 5.10 Å². The number of carbonyl (C=O) groups is 1. The number of aromatic nitrogens is 2. The molecule has 1 fully saturated rings. The lowest BCUT2D eigenvalue weighted by molar-refractivity contribution is 0.0549. The van der Waals surface area contributed by atoms with E-state index < -0.39 is 10.4 Å². The second-order valence-corrected chi connectivity index (χ2v) is 9.38. The molecule has 27 heavy (non-hydrogen) atoms. The molecule has 7 nitrogen and oxygen atoms in total. The minimum absolute atomic E-state index is 0.0673. The molecule has 1 amide bonds. The number of benzene rings is 1. The molecular formula is C19H24N4O3S. The number of nitrogens with zero attached hydrogens (tertiary/aromatic N) is 4. The second kappa shape index (κ2) is 6.54. The van der Waals surface area contributed by atoms with Gasteiger partial charge >= 0.3 is 0 Å². The van der Waals surface area contributed by atoms with Gasteiger partial charge < -0.3 is 9.45 Å². The summed E-state index contributed by atoms with van der Waals surface area (Å²) in [5.74, 6) is -0.0673. The number of hydrogen-bond donors (Lipinski definition) is 0. The van der Waals surface area contributed by atoms with Gasteiger partial charge in [-0.25, -0.2) is 4.68 Å². The first-order valence-electron chi connectivity index (χ1n) is 9.21. The summed E-state index contributed by atoms with van der Waals surface area (Å²) in [6, 6.07) is 9.40. The van der Waals surface area contributed by atoms with E-state index in [4.69, 9.17) is 0 Å². The van der Waals surface area contributed by atoms with Crippen molar-refractivity contribution in [3.8, 4) is 5.69 Å². The third-order valence-corrected chi connectivity index (χ3v) is 6.87. The summed E-state index contributed by atoms with van der Waals surface area (Å²) in [6.07, 6.45) is 2.80. The Labute approximate surface area is 160 Å². The summed E-state index contributed by atoms with van der Waals surface area (Å²) >= 11 is 0.